The van der Waals surface area contributed by atoms with Crippen LogP contribution in [0.1, 0.15) is 48.0 Å². The Morgan fingerprint density at radius 1 is 0.967 bits per heavy atom. The largest absolute Gasteiger partial charge is 0.339 e. The summed E-state index contributed by atoms with van der Waals surface area (Å²) in [7, 11) is 0. The van der Waals surface area contributed by atoms with Crippen molar-refractivity contribution in [2.45, 2.75) is 43.6 Å². The van der Waals surface area contributed by atoms with Gasteiger partial charge in [0.25, 0.3) is 5.91 Å². The summed E-state index contributed by atoms with van der Waals surface area (Å²) in [6.45, 7) is 5.31. The molecule has 4 rings (SSSR count). The molecule has 5 heteroatoms. The fourth-order valence-electron chi connectivity index (χ4n) is 4.52. The molecule has 0 spiro atoms. The van der Waals surface area contributed by atoms with Crippen molar-refractivity contribution < 1.29 is 4.79 Å². The number of amides is 1. The van der Waals surface area contributed by atoms with Crippen molar-refractivity contribution in [3.63, 3.8) is 0 Å². The zero-order valence-corrected chi connectivity index (χ0v) is 18.7. The van der Waals surface area contributed by atoms with Gasteiger partial charge in [-0.25, -0.2) is 4.98 Å². The van der Waals surface area contributed by atoms with Gasteiger partial charge in [-0.15, -0.1) is 11.8 Å². The summed E-state index contributed by atoms with van der Waals surface area (Å²) in [5, 5.41) is 1.02. The first kappa shape index (κ1) is 21.4. The number of nitrogens with zero attached hydrogens (tertiary/aromatic N) is 3. The van der Waals surface area contributed by atoms with Crippen molar-refractivity contribution in [1.82, 2.24) is 14.8 Å². The van der Waals surface area contributed by atoms with Gasteiger partial charge in [-0.1, -0.05) is 36.8 Å². The lowest BCUT2D eigenvalue weighted by atomic mass is 9.90. The molecule has 4 nitrogen and oxygen atoms in total. The lowest BCUT2D eigenvalue weighted by molar-refractivity contribution is 0.0690. The number of hydrogen-bond acceptors (Lipinski definition) is 4. The number of pyridine rings is 1. The summed E-state index contributed by atoms with van der Waals surface area (Å²) < 4.78 is 0. The van der Waals surface area contributed by atoms with Crippen LogP contribution in [0.2, 0.25) is 0 Å². The number of benzene rings is 1. The lowest BCUT2D eigenvalue weighted by Gasteiger charge is -2.32. The average Bonchev–Trinajstić information content (AvgIpc) is 2.81. The summed E-state index contributed by atoms with van der Waals surface area (Å²) in [5.74, 6) is 1.87. The number of hydrogen-bond donors (Lipinski definition) is 0. The molecule has 3 heterocycles. The molecule has 160 valence electrons. The summed E-state index contributed by atoms with van der Waals surface area (Å²) in [4.78, 5) is 22.0. The van der Waals surface area contributed by atoms with Crippen LogP contribution in [-0.2, 0) is 6.42 Å². The summed E-state index contributed by atoms with van der Waals surface area (Å²) in [6.07, 6.45) is 9.10. The minimum absolute atomic E-state index is 0.130. The van der Waals surface area contributed by atoms with Gasteiger partial charge < -0.3 is 9.80 Å². The van der Waals surface area contributed by atoms with Crippen molar-refractivity contribution in [3.05, 3.63) is 59.8 Å². The standard InChI is InChI=1S/C25H33N3OS/c29-25(28-15-11-22(12-16-28)19-21-7-3-1-4-8-21)23-9-10-24(26-20-23)30-18-17-27-13-5-2-6-14-27/h1,3-4,7-10,20,22H,2,5-6,11-19H2. The van der Waals surface area contributed by atoms with Crippen LogP contribution in [0.3, 0.4) is 0 Å². The molecule has 0 atom stereocenters. The Morgan fingerprint density at radius 2 is 1.73 bits per heavy atom. The SMILES string of the molecule is O=C(c1ccc(SCCN2CCCCC2)nc1)N1CCC(Cc2ccccc2)CC1. The Balaban J connectivity index is 1.21. The van der Waals surface area contributed by atoms with E-state index in [0.29, 0.717) is 5.92 Å². The molecule has 0 N–H and O–H groups in total. The second-order valence-corrected chi connectivity index (χ2v) is 9.68. The Kier molecular flexibility index (Phi) is 7.82. The third kappa shape index (κ3) is 6.08. The third-order valence-corrected chi connectivity index (χ3v) is 7.28. The van der Waals surface area contributed by atoms with E-state index in [2.05, 4.69) is 40.2 Å². The molecule has 30 heavy (non-hydrogen) atoms. The fourth-order valence-corrected chi connectivity index (χ4v) is 5.37. The van der Waals surface area contributed by atoms with Crippen LogP contribution in [0.25, 0.3) is 0 Å². The molecule has 2 fully saturated rings. The van der Waals surface area contributed by atoms with Crippen LogP contribution in [0.15, 0.2) is 53.7 Å². The number of carbonyl (C=O) groups is 1. The summed E-state index contributed by atoms with van der Waals surface area (Å²) >= 11 is 1.79. The van der Waals surface area contributed by atoms with Gasteiger partial charge in [-0.2, -0.15) is 0 Å². The summed E-state index contributed by atoms with van der Waals surface area (Å²) in [6, 6.07) is 14.7. The van der Waals surface area contributed by atoms with E-state index >= 15 is 0 Å². The van der Waals surface area contributed by atoms with Crippen LogP contribution >= 0.6 is 11.8 Å². The third-order valence-electron chi connectivity index (χ3n) is 6.36. The van der Waals surface area contributed by atoms with E-state index in [0.717, 1.165) is 55.2 Å². The highest BCUT2D eigenvalue weighted by Crippen LogP contribution is 2.23. The number of carbonyl (C=O) groups excluding carboxylic acids is 1. The van der Waals surface area contributed by atoms with Crippen LogP contribution in [0.4, 0.5) is 0 Å². The normalized spacial score (nSPS) is 18.5. The summed E-state index contributed by atoms with van der Waals surface area (Å²) in [5.41, 5.74) is 2.12. The van der Waals surface area contributed by atoms with E-state index in [-0.39, 0.29) is 5.91 Å². The molecule has 0 unspecified atom stereocenters. The first-order chi connectivity index (χ1) is 14.8. The fraction of sp³-hybridized carbons (Fsp3) is 0.520. The minimum atomic E-state index is 0.130. The maximum Gasteiger partial charge on any atom is 0.255 e. The molecule has 0 saturated carbocycles. The van der Waals surface area contributed by atoms with Crippen molar-refractivity contribution in [1.29, 1.82) is 0 Å². The maximum absolute atomic E-state index is 12.9. The highest BCUT2D eigenvalue weighted by atomic mass is 32.2. The van der Waals surface area contributed by atoms with Gasteiger partial charge in [-0.3, -0.25) is 4.79 Å². The highest BCUT2D eigenvalue weighted by Gasteiger charge is 2.24. The topological polar surface area (TPSA) is 36.4 Å². The van der Waals surface area contributed by atoms with E-state index < -0.39 is 0 Å². The molecule has 2 aliphatic rings. The number of aromatic nitrogens is 1. The number of rotatable bonds is 7. The van der Waals surface area contributed by atoms with Crippen molar-refractivity contribution >= 4 is 17.7 Å². The van der Waals surface area contributed by atoms with Gasteiger partial charge >= 0.3 is 0 Å². The van der Waals surface area contributed by atoms with Gasteiger partial charge in [0.2, 0.25) is 0 Å². The van der Waals surface area contributed by atoms with Crippen LogP contribution in [0, 0.1) is 5.92 Å². The molecular formula is C25H33N3OS. The van der Waals surface area contributed by atoms with Crippen LogP contribution in [0.5, 0.6) is 0 Å². The van der Waals surface area contributed by atoms with Gasteiger partial charge in [-0.05, 0) is 68.8 Å². The van der Waals surface area contributed by atoms with Crippen molar-refractivity contribution in [2.24, 2.45) is 5.92 Å². The first-order valence-electron chi connectivity index (χ1n) is 11.4. The van der Waals surface area contributed by atoms with Gasteiger partial charge in [0.15, 0.2) is 0 Å². The van der Waals surface area contributed by atoms with Crippen LogP contribution in [-0.4, -0.2) is 59.2 Å². The number of piperidine rings is 2. The lowest BCUT2D eigenvalue weighted by Crippen LogP contribution is -2.39. The van der Waals surface area contributed by atoms with E-state index in [1.165, 1.54) is 37.9 Å². The molecule has 0 aliphatic carbocycles. The van der Waals surface area contributed by atoms with E-state index in [1.807, 2.05) is 17.0 Å². The molecule has 0 bridgehead atoms. The van der Waals surface area contributed by atoms with Gasteiger partial charge in [0.1, 0.15) is 0 Å². The zero-order valence-electron chi connectivity index (χ0n) is 17.8. The molecule has 2 saturated heterocycles. The van der Waals surface area contributed by atoms with Gasteiger partial charge in [0.05, 0.1) is 10.6 Å². The van der Waals surface area contributed by atoms with Crippen molar-refractivity contribution in [2.75, 3.05) is 38.5 Å². The Bertz CT molecular complexity index is 782. The molecule has 1 aromatic heterocycles. The minimum Gasteiger partial charge on any atom is -0.339 e. The van der Waals surface area contributed by atoms with E-state index in [9.17, 15) is 4.79 Å². The average molecular weight is 424 g/mol. The smallest absolute Gasteiger partial charge is 0.255 e. The van der Waals surface area contributed by atoms with Gasteiger partial charge in [0, 0.05) is 31.6 Å². The van der Waals surface area contributed by atoms with Crippen molar-refractivity contribution in [3.8, 4) is 0 Å². The predicted molar refractivity (Wildman–Crippen MR) is 124 cm³/mol. The zero-order chi connectivity index (χ0) is 20.6. The molecule has 2 aliphatic heterocycles. The Morgan fingerprint density at radius 3 is 2.43 bits per heavy atom. The Hall–Kier alpha value is -1.85. The van der Waals surface area contributed by atoms with E-state index in [1.54, 1.807) is 18.0 Å². The monoisotopic (exact) mass is 423 g/mol. The van der Waals surface area contributed by atoms with E-state index in [4.69, 9.17) is 0 Å². The second kappa shape index (κ2) is 11.0. The first-order valence-corrected chi connectivity index (χ1v) is 12.4. The maximum atomic E-state index is 12.9. The molecular weight excluding hydrogens is 390 g/mol. The molecule has 1 amide bonds. The number of thioether (sulfide) groups is 1. The highest BCUT2D eigenvalue weighted by molar-refractivity contribution is 7.99. The molecule has 0 radical (unpaired) electrons. The number of likely N-dealkylation sites (tertiary alicyclic amines) is 2. The molecule has 2 aromatic rings. The molecule has 1 aromatic carbocycles. The van der Waals surface area contributed by atoms with Crippen LogP contribution < -0.4 is 0 Å². The Labute approximate surface area is 185 Å². The quantitative estimate of drug-likeness (QED) is 0.602. The second-order valence-electron chi connectivity index (χ2n) is 8.56. The predicted octanol–water partition coefficient (Wildman–Crippen LogP) is 4.75.